The van der Waals surface area contributed by atoms with Gasteiger partial charge in [-0.2, -0.15) is 0 Å². The molecule has 4 heterocycles. The van der Waals surface area contributed by atoms with Crippen molar-refractivity contribution in [2.45, 2.75) is 247 Å². The Kier molecular flexibility index (Phi) is 16.7. The van der Waals surface area contributed by atoms with Crippen LogP contribution in [-0.4, -0.2) is 15.8 Å². The number of rotatable bonds is 7. The van der Waals surface area contributed by atoms with Crippen LogP contribution in [0.5, 0.6) is 0 Å². The van der Waals surface area contributed by atoms with Gasteiger partial charge in [0, 0.05) is 61.4 Å². The van der Waals surface area contributed by atoms with Crippen molar-refractivity contribution in [3.8, 4) is 44.8 Å². The van der Waals surface area contributed by atoms with Crippen LogP contribution in [0.4, 0.5) is 34.1 Å². The molecule has 12 aromatic carbocycles. The van der Waals surface area contributed by atoms with E-state index in [9.17, 15) is 0 Å². The number of hydrogen-bond donors (Lipinski definition) is 0. The zero-order valence-electron chi connectivity index (χ0n) is 73.6. The molecule has 0 fully saturated rings. The van der Waals surface area contributed by atoms with Crippen molar-refractivity contribution in [2.75, 3.05) is 9.80 Å². The van der Waals surface area contributed by atoms with E-state index in [0.29, 0.717) is 0 Å². The third kappa shape index (κ3) is 12.5. The van der Waals surface area contributed by atoms with Gasteiger partial charge in [0.2, 0.25) is 0 Å². The minimum atomic E-state index is -0.210. The molecule has 0 saturated carbocycles. The van der Waals surface area contributed by atoms with Crippen molar-refractivity contribution in [3.05, 3.63) is 280 Å². The highest BCUT2D eigenvalue weighted by molar-refractivity contribution is 7.00. The number of aromatic nitrogens is 2. The molecule has 582 valence electrons. The average molecular weight is 1510 g/mol. The van der Waals surface area contributed by atoms with Crippen molar-refractivity contribution in [1.29, 1.82) is 0 Å². The fraction of sp³-hybridized carbons (Fsp3) is 0.345. The first-order chi connectivity index (χ1) is 53.7. The fourth-order valence-corrected chi connectivity index (χ4v) is 21.0. The second-order valence-corrected chi connectivity index (χ2v) is 43.9. The molecule has 115 heavy (non-hydrogen) atoms. The summed E-state index contributed by atoms with van der Waals surface area (Å²) < 4.78 is 5.19. The second-order valence-electron chi connectivity index (χ2n) is 43.9. The fourth-order valence-electron chi connectivity index (χ4n) is 21.0. The standard InChI is InChI=1S/C110H119BN4/c1-101(2,3)72-34-47-92-82(57-72)83-58-73(102(4,5)6)35-48-93(83)114(92)80-42-45-90-97(61-80)113(79-40-29-67(30-41-79)69-32-44-87-89(54-69)110(25,26)65-108(87,21)22)99-63-81(115-94-49-36-74(103(7,8)9)59-84(94)85-60-75(104(10,11)12)37-50-95(85)115)62-98-100(99)111(90)91-55-70(71-51-76(105(13,14)15)56-77(52-71)106(16,17)18)33-46-96(91)112(98)78-38-27-66(28-39-78)68-31-43-86-88(53-68)109(23,24)64-107(86,19)20/h27-63H,64-65H2,1-26H3. The van der Waals surface area contributed by atoms with Crippen LogP contribution in [0.2, 0.25) is 0 Å². The third-order valence-electron chi connectivity index (χ3n) is 27.2. The first-order valence-electron chi connectivity index (χ1n) is 42.6. The Morgan fingerprint density at radius 1 is 0.235 bits per heavy atom. The second kappa shape index (κ2) is 25.2. The zero-order valence-corrected chi connectivity index (χ0v) is 73.6. The van der Waals surface area contributed by atoms with Gasteiger partial charge in [0.15, 0.2) is 0 Å². The molecule has 2 aromatic heterocycles. The van der Waals surface area contributed by atoms with Crippen LogP contribution in [0, 0.1) is 0 Å². The maximum atomic E-state index is 2.68. The lowest BCUT2D eigenvalue weighted by molar-refractivity contribution is 0.402. The molecule has 2 aliphatic carbocycles. The maximum absolute atomic E-state index is 2.68. The molecule has 0 radical (unpaired) electrons. The molecule has 0 amide bonds. The van der Waals surface area contributed by atoms with Crippen molar-refractivity contribution in [2.24, 2.45) is 0 Å². The molecule has 0 spiro atoms. The first kappa shape index (κ1) is 76.2. The van der Waals surface area contributed by atoms with E-state index in [2.05, 4.69) is 423 Å². The van der Waals surface area contributed by atoms with E-state index in [1.807, 2.05) is 0 Å². The highest BCUT2D eigenvalue weighted by Crippen LogP contribution is 2.55. The van der Waals surface area contributed by atoms with Crippen LogP contribution in [0.25, 0.3) is 88.4 Å². The number of benzene rings is 12. The lowest BCUT2D eigenvalue weighted by atomic mass is 9.33. The number of anilines is 6. The molecule has 5 heteroatoms. The lowest BCUT2D eigenvalue weighted by Gasteiger charge is -2.44. The highest BCUT2D eigenvalue weighted by Gasteiger charge is 2.47. The molecule has 4 nitrogen and oxygen atoms in total. The summed E-state index contributed by atoms with van der Waals surface area (Å²) in [7, 11) is 0. The molecule has 14 aromatic rings. The molecule has 18 rings (SSSR count). The Bertz CT molecular complexity index is 6210. The average Bonchev–Trinajstić information content (AvgIpc) is 0.771. The predicted octanol–water partition coefficient (Wildman–Crippen LogP) is 28.7. The van der Waals surface area contributed by atoms with E-state index in [1.54, 1.807) is 0 Å². The summed E-state index contributed by atoms with van der Waals surface area (Å²) in [6.07, 6.45) is 2.25. The molecule has 2 aliphatic heterocycles. The van der Waals surface area contributed by atoms with Crippen molar-refractivity contribution >= 4 is 101 Å². The van der Waals surface area contributed by atoms with Crippen LogP contribution in [0.3, 0.4) is 0 Å². The molecule has 0 N–H and O–H groups in total. The van der Waals surface area contributed by atoms with Gasteiger partial charge in [-0.3, -0.25) is 0 Å². The van der Waals surface area contributed by atoms with Gasteiger partial charge in [0.05, 0.1) is 27.8 Å². The summed E-state index contributed by atoms with van der Waals surface area (Å²) in [5.41, 5.74) is 38.9. The van der Waals surface area contributed by atoms with E-state index in [4.69, 9.17) is 0 Å². The highest BCUT2D eigenvalue weighted by atomic mass is 15.2. The van der Waals surface area contributed by atoms with Crippen LogP contribution < -0.4 is 26.2 Å². The number of fused-ring (bicyclic) bond motifs is 12. The Balaban J connectivity index is 0.958. The zero-order chi connectivity index (χ0) is 81.7. The summed E-state index contributed by atoms with van der Waals surface area (Å²) in [6, 6.07) is 90.8. The Morgan fingerprint density at radius 3 is 0.939 bits per heavy atom. The van der Waals surface area contributed by atoms with E-state index in [-0.39, 0.29) is 60.9 Å². The largest absolute Gasteiger partial charge is 0.311 e. The first-order valence-corrected chi connectivity index (χ1v) is 42.6. The van der Waals surface area contributed by atoms with Gasteiger partial charge in [0.25, 0.3) is 6.71 Å². The normalized spacial score (nSPS) is 16.2. The van der Waals surface area contributed by atoms with E-state index in [1.165, 1.54) is 155 Å². The quantitative estimate of drug-likeness (QED) is 0.148. The number of nitrogens with zero attached hydrogens (tertiary/aromatic N) is 4. The van der Waals surface area contributed by atoms with Gasteiger partial charge in [0.1, 0.15) is 0 Å². The number of hydrogen-bond acceptors (Lipinski definition) is 2. The minimum absolute atomic E-state index is 0.0493. The van der Waals surface area contributed by atoms with Crippen molar-refractivity contribution < 1.29 is 0 Å². The smallest absolute Gasteiger partial charge is 0.252 e. The SMILES string of the molecule is CC(C)(C)c1cc(-c2ccc3c(c2)B2c4ccc(-n5c6ccc(C(C)(C)C)cc6c6cc(C(C)(C)C)ccc65)cc4N(c4ccc(-c5ccc6c(c5)C(C)(C)CC6(C)C)cc4)c4cc(-n5c6ccc(C(C)(C)C)cc6c6cc(C(C)(C)C)ccc65)cc(c42)N3c2ccc(-c3ccc4c(c3)C(C)(C)CC4(C)C)cc2)cc(C(C)(C)C)c1. The van der Waals surface area contributed by atoms with E-state index >= 15 is 0 Å². The molecule has 0 bridgehead atoms. The van der Waals surface area contributed by atoms with Crippen LogP contribution in [0.1, 0.15) is 248 Å². The van der Waals surface area contributed by atoms with Gasteiger partial charge in [-0.1, -0.05) is 301 Å². The van der Waals surface area contributed by atoms with Crippen LogP contribution in [0.15, 0.2) is 224 Å². The third-order valence-corrected chi connectivity index (χ3v) is 27.2. The van der Waals surface area contributed by atoms with Gasteiger partial charge >= 0.3 is 0 Å². The summed E-state index contributed by atoms with van der Waals surface area (Å²) in [6.45, 7) is 61.6. The van der Waals surface area contributed by atoms with Gasteiger partial charge in [-0.25, -0.2) is 0 Å². The monoisotopic (exact) mass is 1510 g/mol. The van der Waals surface area contributed by atoms with Crippen LogP contribution >= 0.6 is 0 Å². The Hall–Kier alpha value is -10.1. The minimum Gasteiger partial charge on any atom is -0.311 e. The molecule has 0 atom stereocenters. The summed E-state index contributed by atoms with van der Waals surface area (Å²) in [4.78, 5) is 5.33. The Labute approximate surface area is 687 Å². The lowest BCUT2D eigenvalue weighted by Crippen LogP contribution is -2.61. The molecular formula is C110H119BN4. The topological polar surface area (TPSA) is 16.3 Å². The summed E-state index contributed by atoms with van der Waals surface area (Å²) in [5, 5.41) is 5.09. The molecule has 0 saturated heterocycles. The van der Waals surface area contributed by atoms with Gasteiger partial charge in [-0.05, 0) is 276 Å². The van der Waals surface area contributed by atoms with Gasteiger partial charge in [-0.15, -0.1) is 0 Å². The summed E-state index contributed by atoms with van der Waals surface area (Å²) >= 11 is 0. The van der Waals surface area contributed by atoms with E-state index < -0.39 is 0 Å². The molecular weight excluding hydrogens is 1390 g/mol. The van der Waals surface area contributed by atoms with Crippen molar-refractivity contribution in [1.82, 2.24) is 9.13 Å². The van der Waals surface area contributed by atoms with Gasteiger partial charge < -0.3 is 18.9 Å². The Morgan fingerprint density at radius 2 is 0.557 bits per heavy atom. The van der Waals surface area contributed by atoms with E-state index in [0.717, 1.165) is 52.7 Å². The molecule has 4 aliphatic rings. The summed E-state index contributed by atoms with van der Waals surface area (Å²) in [5.74, 6) is 0. The molecule has 0 unspecified atom stereocenters. The maximum Gasteiger partial charge on any atom is 0.252 e. The van der Waals surface area contributed by atoms with Crippen LogP contribution in [-0.2, 0) is 54.1 Å². The predicted molar refractivity (Wildman–Crippen MR) is 499 cm³/mol. The van der Waals surface area contributed by atoms with Crippen molar-refractivity contribution in [3.63, 3.8) is 0 Å².